The Morgan fingerprint density at radius 3 is 1.51 bits per heavy atom. The second-order valence-corrected chi connectivity index (χ2v) is 19.2. The molecule has 342 valence electrons. The van der Waals surface area contributed by atoms with Gasteiger partial charge >= 0.3 is 0 Å². The molecule has 2 heteroatoms. The summed E-state index contributed by atoms with van der Waals surface area (Å²) in [5, 5.41) is 4.97. The van der Waals surface area contributed by atoms with Crippen molar-refractivity contribution in [3.05, 3.63) is 313 Å². The molecule has 1 aliphatic rings. The predicted molar refractivity (Wildman–Crippen MR) is 307 cm³/mol. The first-order chi connectivity index (χ1) is 36.2. The Bertz CT molecular complexity index is 4130. The topological polar surface area (TPSA) is 8.17 Å². The molecule has 0 unspecified atom stereocenters. The molecule has 0 fully saturated rings. The molecule has 0 saturated heterocycles. The summed E-state index contributed by atoms with van der Waals surface area (Å²) < 4.78 is 2.41. The lowest BCUT2D eigenvalue weighted by molar-refractivity contribution is 0.768. The highest BCUT2D eigenvalue weighted by molar-refractivity contribution is 6.11. The Morgan fingerprint density at radius 1 is 0.274 bits per heavy atom. The highest BCUT2D eigenvalue weighted by Gasteiger charge is 2.46. The van der Waals surface area contributed by atoms with Gasteiger partial charge in [-0.1, -0.05) is 218 Å². The normalized spacial score (nSPS) is 12.5. The average molecular weight is 929 g/mol. The quantitative estimate of drug-likeness (QED) is 0.140. The zero-order chi connectivity index (χ0) is 48.3. The number of hydrogen-bond acceptors (Lipinski definition) is 1. The molecule has 0 radical (unpaired) electrons. The van der Waals surface area contributed by atoms with Crippen LogP contribution in [0.25, 0.3) is 82.8 Å². The molecule has 0 N–H and O–H groups in total. The summed E-state index contributed by atoms with van der Waals surface area (Å²) in [7, 11) is 0. The number of anilines is 3. The maximum atomic E-state index is 2.45. The number of rotatable bonds is 9. The first kappa shape index (κ1) is 42.4. The van der Waals surface area contributed by atoms with Gasteiger partial charge in [0.15, 0.2) is 0 Å². The van der Waals surface area contributed by atoms with Crippen LogP contribution in [0.3, 0.4) is 0 Å². The SMILES string of the molecule is c1ccc(-c2ccc(N(c3ccc(-c4cccc(-c5ccc6c(c5)c5ccccc5n6-c5ccc6ccccc6c5)c4)cc3)c3ccc4c(c3)C(c3ccccc3)(c3ccccc3)c3ccccc3-4)cc2)cc1. The minimum Gasteiger partial charge on any atom is -0.310 e. The van der Waals surface area contributed by atoms with Gasteiger partial charge in [-0.2, -0.15) is 0 Å². The van der Waals surface area contributed by atoms with Gasteiger partial charge in [0.2, 0.25) is 0 Å². The third-order valence-corrected chi connectivity index (χ3v) is 15.3. The van der Waals surface area contributed by atoms with E-state index in [1.807, 2.05) is 0 Å². The summed E-state index contributed by atoms with van der Waals surface area (Å²) in [4.78, 5) is 2.42. The first-order valence-electron chi connectivity index (χ1n) is 25.2. The van der Waals surface area contributed by atoms with Crippen LogP contribution in [0.1, 0.15) is 22.3 Å². The molecule has 0 aliphatic heterocycles. The van der Waals surface area contributed by atoms with Crippen molar-refractivity contribution in [2.45, 2.75) is 5.41 Å². The number of para-hydroxylation sites is 1. The summed E-state index contributed by atoms with van der Waals surface area (Å²) in [6, 6.07) is 107. The molecular weight excluding hydrogens is 881 g/mol. The Morgan fingerprint density at radius 2 is 0.781 bits per heavy atom. The Labute approximate surface area is 426 Å². The summed E-state index contributed by atoms with van der Waals surface area (Å²) in [5.74, 6) is 0. The zero-order valence-corrected chi connectivity index (χ0v) is 40.1. The van der Waals surface area contributed by atoms with Gasteiger partial charge < -0.3 is 9.47 Å². The van der Waals surface area contributed by atoms with E-state index in [0.717, 1.165) is 22.6 Å². The summed E-state index contributed by atoms with van der Waals surface area (Å²) in [5.41, 5.74) is 21.1. The van der Waals surface area contributed by atoms with Crippen LogP contribution < -0.4 is 4.90 Å². The highest BCUT2D eigenvalue weighted by atomic mass is 15.1. The molecule has 14 rings (SSSR count). The van der Waals surface area contributed by atoms with Crippen LogP contribution in [0, 0.1) is 0 Å². The van der Waals surface area contributed by atoms with Crippen LogP contribution in [0.15, 0.2) is 291 Å². The van der Waals surface area contributed by atoms with Crippen LogP contribution in [0.5, 0.6) is 0 Å². The molecule has 2 nitrogen and oxygen atoms in total. The largest absolute Gasteiger partial charge is 0.310 e. The molecule has 1 aliphatic carbocycles. The van der Waals surface area contributed by atoms with Crippen molar-refractivity contribution in [1.82, 2.24) is 4.57 Å². The van der Waals surface area contributed by atoms with E-state index in [1.165, 1.54) is 99.5 Å². The molecule has 13 aromatic rings. The summed E-state index contributed by atoms with van der Waals surface area (Å²) >= 11 is 0. The van der Waals surface area contributed by atoms with Crippen molar-refractivity contribution in [1.29, 1.82) is 0 Å². The van der Waals surface area contributed by atoms with Crippen molar-refractivity contribution in [2.24, 2.45) is 0 Å². The smallest absolute Gasteiger partial charge is 0.0714 e. The van der Waals surface area contributed by atoms with E-state index in [9.17, 15) is 0 Å². The fourth-order valence-corrected chi connectivity index (χ4v) is 11.9. The maximum Gasteiger partial charge on any atom is 0.0714 e. The fraction of sp³-hybridized carbons (Fsp3) is 0.0141. The molecule has 1 aromatic heterocycles. The van der Waals surface area contributed by atoms with Gasteiger partial charge in [-0.3, -0.25) is 0 Å². The second-order valence-electron chi connectivity index (χ2n) is 19.2. The van der Waals surface area contributed by atoms with Gasteiger partial charge in [-0.05, 0) is 150 Å². The molecule has 73 heavy (non-hydrogen) atoms. The van der Waals surface area contributed by atoms with Crippen LogP contribution >= 0.6 is 0 Å². The first-order valence-corrected chi connectivity index (χ1v) is 25.2. The number of hydrogen-bond donors (Lipinski definition) is 0. The van der Waals surface area contributed by atoms with Gasteiger partial charge in [0, 0.05) is 33.5 Å². The molecule has 0 bridgehead atoms. The highest BCUT2D eigenvalue weighted by Crippen LogP contribution is 2.57. The Hall–Kier alpha value is -9.50. The predicted octanol–water partition coefficient (Wildman–Crippen LogP) is 18.8. The molecule has 1 heterocycles. The lowest BCUT2D eigenvalue weighted by Gasteiger charge is -2.35. The standard InChI is InChI=1S/C71H48N2/c1-4-17-49(18-5-1)51-31-37-59(38-32-51)72(62-42-43-64-63-27-12-14-29-67(63)71(68(64)48-62,57-23-6-2-7-24-57)58-25-8-3-9-26-58)60-39-33-52(34-40-60)53-21-16-22-54(45-53)56-36-44-70-66(47-56)65-28-13-15-30-69(65)73(70)61-41-35-50-19-10-11-20-55(50)46-61/h1-48H. The minimum absolute atomic E-state index is 0.513. The monoisotopic (exact) mass is 928 g/mol. The van der Waals surface area contributed by atoms with Crippen molar-refractivity contribution in [2.75, 3.05) is 4.90 Å². The maximum absolute atomic E-state index is 2.45. The Balaban J connectivity index is 0.866. The molecule has 12 aromatic carbocycles. The minimum atomic E-state index is -0.513. The number of aromatic nitrogens is 1. The second kappa shape index (κ2) is 17.4. The number of nitrogens with zero attached hydrogens (tertiary/aromatic N) is 2. The Kier molecular flexibility index (Phi) is 10.1. The number of benzene rings is 12. The van der Waals surface area contributed by atoms with Crippen molar-refractivity contribution in [3.8, 4) is 50.2 Å². The van der Waals surface area contributed by atoms with E-state index in [-0.39, 0.29) is 0 Å². The molecule has 0 spiro atoms. The van der Waals surface area contributed by atoms with Crippen molar-refractivity contribution < 1.29 is 0 Å². The molecule has 0 atom stereocenters. The summed E-state index contributed by atoms with van der Waals surface area (Å²) in [6.45, 7) is 0. The lowest BCUT2D eigenvalue weighted by atomic mass is 9.67. The van der Waals surface area contributed by atoms with E-state index < -0.39 is 5.41 Å². The summed E-state index contributed by atoms with van der Waals surface area (Å²) in [6.07, 6.45) is 0. The zero-order valence-electron chi connectivity index (χ0n) is 40.1. The van der Waals surface area contributed by atoms with Gasteiger partial charge in [0.05, 0.1) is 16.4 Å². The fourth-order valence-electron chi connectivity index (χ4n) is 11.9. The van der Waals surface area contributed by atoms with Crippen LogP contribution in [-0.4, -0.2) is 4.57 Å². The van der Waals surface area contributed by atoms with Gasteiger partial charge in [0.1, 0.15) is 0 Å². The third-order valence-electron chi connectivity index (χ3n) is 15.3. The molecule has 0 saturated carbocycles. The van der Waals surface area contributed by atoms with Crippen LogP contribution in [0.4, 0.5) is 17.1 Å². The van der Waals surface area contributed by atoms with Gasteiger partial charge in [0.25, 0.3) is 0 Å². The van der Waals surface area contributed by atoms with E-state index in [2.05, 4.69) is 301 Å². The number of fused-ring (bicyclic) bond motifs is 7. The van der Waals surface area contributed by atoms with Gasteiger partial charge in [-0.15, -0.1) is 0 Å². The molecular formula is C71H48N2. The van der Waals surface area contributed by atoms with E-state index in [4.69, 9.17) is 0 Å². The third kappa shape index (κ3) is 7.02. The lowest BCUT2D eigenvalue weighted by Crippen LogP contribution is -2.28. The van der Waals surface area contributed by atoms with Crippen molar-refractivity contribution >= 4 is 49.6 Å². The van der Waals surface area contributed by atoms with Crippen LogP contribution in [-0.2, 0) is 5.41 Å². The van der Waals surface area contributed by atoms with Gasteiger partial charge in [-0.25, -0.2) is 0 Å². The molecule has 0 amide bonds. The van der Waals surface area contributed by atoms with E-state index >= 15 is 0 Å². The van der Waals surface area contributed by atoms with E-state index in [0.29, 0.717) is 0 Å². The van der Waals surface area contributed by atoms with E-state index in [1.54, 1.807) is 0 Å². The van der Waals surface area contributed by atoms with Crippen LogP contribution in [0.2, 0.25) is 0 Å². The average Bonchev–Trinajstić information content (AvgIpc) is 4.01. The van der Waals surface area contributed by atoms with Crippen molar-refractivity contribution in [3.63, 3.8) is 0 Å².